The summed E-state index contributed by atoms with van der Waals surface area (Å²) in [6.07, 6.45) is -0.774. The predicted octanol–water partition coefficient (Wildman–Crippen LogP) is 0.189. The number of nitrogens with one attached hydrogen (secondary N) is 2. The molecular weight excluding hydrogens is 136 g/mol. The number of rotatable bonds is 4. The quantitative estimate of drug-likeness (QED) is 0.557. The molecule has 0 amide bonds. The van der Waals surface area contributed by atoms with E-state index < -0.39 is 6.16 Å². The Balaban J connectivity index is 3.09. The van der Waals surface area contributed by atoms with Crippen molar-refractivity contribution in [2.75, 3.05) is 13.1 Å². The summed E-state index contributed by atoms with van der Waals surface area (Å²) in [6.45, 7) is 4.73. The van der Waals surface area contributed by atoms with Gasteiger partial charge >= 0.3 is 6.16 Å². The third kappa shape index (κ3) is 5.33. The minimum absolute atomic E-state index is 0.557. The standard InChI is InChI=1S/C5H12N2O3/c1-3-6-9-5(8)10-7-4-2/h6-7H,3-4H2,1-2H3. The minimum atomic E-state index is -0.774. The van der Waals surface area contributed by atoms with Crippen molar-refractivity contribution in [2.24, 2.45) is 0 Å². The molecule has 5 nitrogen and oxygen atoms in total. The Hall–Kier alpha value is -0.810. The van der Waals surface area contributed by atoms with Crippen LogP contribution in [0.4, 0.5) is 4.79 Å². The fourth-order valence-electron chi connectivity index (χ4n) is 0.283. The van der Waals surface area contributed by atoms with Crippen molar-refractivity contribution in [3.05, 3.63) is 0 Å². The van der Waals surface area contributed by atoms with E-state index in [9.17, 15) is 4.79 Å². The molecule has 0 saturated heterocycles. The van der Waals surface area contributed by atoms with Gasteiger partial charge in [-0.3, -0.25) is 0 Å². The molecule has 10 heavy (non-hydrogen) atoms. The van der Waals surface area contributed by atoms with Gasteiger partial charge in [-0.2, -0.15) is 15.8 Å². The first-order chi connectivity index (χ1) is 4.81. The van der Waals surface area contributed by atoms with Gasteiger partial charge in [-0.1, -0.05) is 0 Å². The van der Waals surface area contributed by atoms with E-state index in [1.807, 2.05) is 0 Å². The monoisotopic (exact) mass is 148 g/mol. The molecular formula is C5H12N2O3. The van der Waals surface area contributed by atoms with E-state index in [4.69, 9.17) is 0 Å². The molecule has 0 aromatic rings. The molecule has 0 aliphatic carbocycles. The lowest BCUT2D eigenvalue weighted by Gasteiger charge is -2.02. The van der Waals surface area contributed by atoms with Gasteiger partial charge in [0, 0.05) is 13.1 Å². The molecule has 2 N–H and O–H groups in total. The minimum Gasteiger partial charge on any atom is -0.337 e. The molecule has 0 spiro atoms. The zero-order valence-corrected chi connectivity index (χ0v) is 6.14. The summed E-state index contributed by atoms with van der Waals surface area (Å²) in [6, 6.07) is 0. The van der Waals surface area contributed by atoms with Crippen molar-refractivity contribution < 1.29 is 14.5 Å². The van der Waals surface area contributed by atoms with Gasteiger partial charge in [0.05, 0.1) is 0 Å². The maximum atomic E-state index is 10.4. The van der Waals surface area contributed by atoms with Crippen LogP contribution < -0.4 is 11.0 Å². The van der Waals surface area contributed by atoms with Crippen molar-refractivity contribution in [1.82, 2.24) is 11.0 Å². The van der Waals surface area contributed by atoms with Gasteiger partial charge in [0.2, 0.25) is 0 Å². The second-order valence-electron chi connectivity index (χ2n) is 1.45. The number of carbonyl (C=O) groups excluding carboxylic acids is 1. The van der Waals surface area contributed by atoms with E-state index in [0.717, 1.165) is 0 Å². The Morgan fingerprint density at radius 3 is 1.90 bits per heavy atom. The molecule has 0 unspecified atom stereocenters. The lowest BCUT2D eigenvalue weighted by molar-refractivity contribution is -0.0111. The van der Waals surface area contributed by atoms with Crippen molar-refractivity contribution in [3.8, 4) is 0 Å². The van der Waals surface area contributed by atoms with Crippen molar-refractivity contribution in [2.45, 2.75) is 13.8 Å². The van der Waals surface area contributed by atoms with Crippen molar-refractivity contribution >= 4 is 6.16 Å². The van der Waals surface area contributed by atoms with E-state index in [1.54, 1.807) is 13.8 Å². The van der Waals surface area contributed by atoms with Crippen molar-refractivity contribution in [3.63, 3.8) is 0 Å². The Morgan fingerprint density at radius 2 is 1.60 bits per heavy atom. The molecule has 0 aromatic carbocycles. The second kappa shape index (κ2) is 6.31. The molecule has 0 radical (unpaired) electrons. The number of hydroxylamine groups is 2. The molecule has 0 fully saturated rings. The maximum Gasteiger partial charge on any atom is 0.547 e. The van der Waals surface area contributed by atoms with Gasteiger partial charge in [0.15, 0.2) is 0 Å². The molecule has 0 heterocycles. The second-order valence-corrected chi connectivity index (χ2v) is 1.45. The van der Waals surface area contributed by atoms with Gasteiger partial charge in [0.25, 0.3) is 0 Å². The van der Waals surface area contributed by atoms with E-state index in [0.29, 0.717) is 13.1 Å². The number of carbonyl (C=O) groups is 1. The zero-order valence-electron chi connectivity index (χ0n) is 6.14. The molecule has 60 valence electrons. The maximum absolute atomic E-state index is 10.4. The highest BCUT2D eigenvalue weighted by Crippen LogP contribution is 1.75. The fourth-order valence-corrected chi connectivity index (χ4v) is 0.283. The molecule has 0 atom stereocenters. The molecule has 0 aliphatic heterocycles. The summed E-state index contributed by atoms with van der Waals surface area (Å²) in [4.78, 5) is 19.0. The smallest absolute Gasteiger partial charge is 0.337 e. The van der Waals surface area contributed by atoms with Gasteiger partial charge in [-0.25, -0.2) is 0 Å². The molecule has 5 heteroatoms. The summed E-state index contributed by atoms with van der Waals surface area (Å²) >= 11 is 0. The summed E-state index contributed by atoms with van der Waals surface area (Å²) in [7, 11) is 0. The van der Waals surface area contributed by atoms with E-state index in [2.05, 4.69) is 20.6 Å². The molecule has 0 aromatic heterocycles. The summed E-state index contributed by atoms with van der Waals surface area (Å²) in [5, 5.41) is 0. The number of hydrogen-bond donors (Lipinski definition) is 2. The van der Waals surface area contributed by atoms with Gasteiger partial charge < -0.3 is 9.68 Å². The molecule has 0 aliphatic rings. The average molecular weight is 148 g/mol. The summed E-state index contributed by atoms with van der Waals surface area (Å²) in [5.74, 6) is 0. The topological polar surface area (TPSA) is 59.6 Å². The van der Waals surface area contributed by atoms with Gasteiger partial charge in [-0.05, 0) is 13.8 Å². The Morgan fingerprint density at radius 1 is 1.20 bits per heavy atom. The third-order valence-corrected chi connectivity index (χ3v) is 0.600. The normalized spacial score (nSPS) is 9.00. The Labute approximate surface area is 59.6 Å². The van der Waals surface area contributed by atoms with Crippen LogP contribution in [0.2, 0.25) is 0 Å². The molecule has 0 saturated carbocycles. The largest absolute Gasteiger partial charge is 0.547 e. The fraction of sp³-hybridized carbons (Fsp3) is 0.800. The van der Waals surface area contributed by atoms with Crippen LogP contribution in [0.3, 0.4) is 0 Å². The van der Waals surface area contributed by atoms with E-state index in [-0.39, 0.29) is 0 Å². The number of hydrogen-bond acceptors (Lipinski definition) is 5. The first-order valence-corrected chi connectivity index (χ1v) is 3.14. The molecule has 0 bridgehead atoms. The van der Waals surface area contributed by atoms with Crippen LogP contribution in [0.5, 0.6) is 0 Å². The Bertz CT molecular complexity index is 86.9. The van der Waals surface area contributed by atoms with Crippen LogP contribution in [0.1, 0.15) is 13.8 Å². The highest BCUT2D eigenvalue weighted by molar-refractivity contribution is 5.58. The van der Waals surface area contributed by atoms with E-state index in [1.165, 1.54) is 0 Å². The highest BCUT2D eigenvalue weighted by Gasteiger charge is 2.00. The van der Waals surface area contributed by atoms with Gasteiger partial charge in [0.1, 0.15) is 0 Å². The van der Waals surface area contributed by atoms with Crippen molar-refractivity contribution in [1.29, 1.82) is 0 Å². The summed E-state index contributed by atoms with van der Waals surface area (Å²) < 4.78 is 0. The first-order valence-electron chi connectivity index (χ1n) is 3.14. The van der Waals surface area contributed by atoms with E-state index >= 15 is 0 Å². The zero-order chi connectivity index (χ0) is 7.82. The SMILES string of the molecule is CCNOC(=O)ONCC. The van der Waals surface area contributed by atoms with Crippen LogP contribution in [-0.4, -0.2) is 19.2 Å². The predicted molar refractivity (Wildman–Crippen MR) is 34.9 cm³/mol. The summed E-state index contributed by atoms with van der Waals surface area (Å²) in [5.41, 5.74) is 4.68. The van der Waals surface area contributed by atoms with Crippen LogP contribution >= 0.6 is 0 Å². The van der Waals surface area contributed by atoms with Crippen LogP contribution in [-0.2, 0) is 9.68 Å². The highest BCUT2D eigenvalue weighted by atomic mass is 16.9. The van der Waals surface area contributed by atoms with Crippen LogP contribution in [0, 0.1) is 0 Å². The van der Waals surface area contributed by atoms with Crippen LogP contribution in [0.15, 0.2) is 0 Å². The average Bonchev–Trinajstić information content (AvgIpc) is 1.97. The van der Waals surface area contributed by atoms with Crippen LogP contribution in [0.25, 0.3) is 0 Å². The molecule has 0 rings (SSSR count). The lowest BCUT2D eigenvalue weighted by Crippen LogP contribution is -2.25. The van der Waals surface area contributed by atoms with Gasteiger partial charge in [-0.15, -0.1) is 0 Å². The lowest BCUT2D eigenvalue weighted by atomic mass is 10.8. The Kier molecular flexibility index (Phi) is 5.80. The first kappa shape index (κ1) is 9.19. The third-order valence-electron chi connectivity index (χ3n) is 0.600.